The van der Waals surface area contributed by atoms with Gasteiger partial charge in [0.25, 0.3) is 11.8 Å². The van der Waals surface area contributed by atoms with Gasteiger partial charge >= 0.3 is 0 Å². The van der Waals surface area contributed by atoms with Crippen molar-refractivity contribution in [2.24, 2.45) is 0 Å². The number of hydrogen-bond acceptors (Lipinski definition) is 10. The average molecular weight is 610 g/mol. The Morgan fingerprint density at radius 1 is 1.12 bits per heavy atom. The quantitative estimate of drug-likeness (QED) is 0.394. The summed E-state index contributed by atoms with van der Waals surface area (Å²) in [7, 11) is 6.93. The van der Waals surface area contributed by atoms with Crippen LogP contribution in [-0.4, -0.2) is 106 Å². The van der Waals surface area contributed by atoms with Crippen molar-refractivity contribution in [3.05, 3.63) is 48.6 Å². The second kappa shape index (κ2) is 11.9. The van der Waals surface area contributed by atoms with Crippen molar-refractivity contribution in [1.29, 1.82) is 5.26 Å². The van der Waals surface area contributed by atoms with Gasteiger partial charge in [0, 0.05) is 50.5 Å². The zero-order valence-electron chi connectivity index (χ0n) is 24.4. The lowest BCUT2D eigenvalue weighted by Gasteiger charge is -2.34. The Hall–Kier alpha value is -3.67. The van der Waals surface area contributed by atoms with Crippen LogP contribution in [-0.2, 0) is 23.1 Å². The Morgan fingerprint density at radius 2 is 1.71 bits per heavy atom. The number of amides is 3. The number of aryl methyl sites for hydroxylation is 2. The van der Waals surface area contributed by atoms with Gasteiger partial charge in [-0.1, -0.05) is 5.21 Å². The summed E-state index contributed by atoms with van der Waals surface area (Å²) in [5, 5.41) is 28.4. The number of hydrogen-bond donors (Lipinski definition) is 2. The summed E-state index contributed by atoms with van der Waals surface area (Å²) in [6.45, 7) is 2.67. The van der Waals surface area contributed by atoms with Crippen molar-refractivity contribution >= 4 is 40.4 Å². The van der Waals surface area contributed by atoms with Crippen LogP contribution in [0.3, 0.4) is 0 Å². The molecule has 1 unspecified atom stereocenters. The van der Waals surface area contributed by atoms with Crippen molar-refractivity contribution in [2.75, 3.05) is 41.3 Å². The van der Waals surface area contributed by atoms with Crippen LogP contribution in [0.4, 0.5) is 0 Å². The van der Waals surface area contributed by atoms with E-state index in [4.69, 9.17) is 0 Å². The van der Waals surface area contributed by atoms with E-state index in [1.54, 1.807) is 42.9 Å². The average Bonchev–Trinajstić information content (AvgIpc) is 3.78. The zero-order valence-corrected chi connectivity index (χ0v) is 26.1. The first-order chi connectivity index (χ1) is 20.1. The normalized spacial score (nSPS) is 18.0. The van der Waals surface area contributed by atoms with E-state index in [2.05, 4.69) is 32.0 Å². The highest BCUT2D eigenvalue weighted by Gasteiger charge is 2.48. The van der Waals surface area contributed by atoms with Gasteiger partial charge in [0.1, 0.15) is 6.04 Å². The topological polar surface area (TPSA) is 151 Å². The molecule has 0 saturated carbocycles. The highest BCUT2D eigenvalue weighted by atomic mass is 32.1. The van der Waals surface area contributed by atoms with Crippen molar-refractivity contribution in [2.45, 2.75) is 56.5 Å². The Kier molecular flexibility index (Phi) is 8.45. The largest absolute Gasteiger partial charge is 0.344 e. The molecule has 0 radical (unpaired) electrons. The van der Waals surface area contributed by atoms with Crippen LogP contribution in [0.5, 0.6) is 0 Å². The summed E-state index contributed by atoms with van der Waals surface area (Å²) >= 11 is 2.96. The van der Waals surface area contributed by atoms with Crippen molar-refractivity contribution in [1.82, 2.24) is 40.6 Å². The Morgan fingerprint density at radius 3 is 2.21 bits per heavy atom. The van der Waals surface area contributed by atoms with Gasteiger partial charge in [-0.3, -0.25) is 14.4 Å². The van der Waals surface area contributed by atoms with E-state index in [0.29, 0.717) is 47.8 Å². The third-order valence-electron chi connectivity index (χ3n) is 8.01. The number of rotatable bonds is 8. The number of aromatic amines is 1. The molecule has 0 spiro atoms. The molecule has 0 bridgehead atoms. The lowest BCUT2D eigenvalue weighted by molar-refractivity contribution is -0.130. The van der Waals surface area contributed by atoms with Crippen LogP contribution in [0.15, 0.2) is 12.1 Å². The zero-order chi connectivity index (χ0) is 30.2. The third-order valence-corrected chi connectivity index (χ3v) is 10.4. The molecule has 1 aliphatic heterocycles. The fourth-order valence-electron chi connectivity index (χ4n) is 5.96. The van der Waals surface area contributed by atoms with E-state index in [1.807, 2.05) is 19.1 Å². The van der Waals surface area contributed by atoms with Gasteiger partial charge in [-0.15, -0.1) is 32.9 Å². The highest BCUT2D eigenvalue weighted by molar-refractivity contribution is 7.15. The van der Waals surface area contributed by atoms with Gasteiger partial charge in [0.2, 0.25) is 5.91 Å². The maximum absolute atomic E-state index is 13.1. The van der Waals surface area contributed by atoms with Gasteiger partial charge in [-0.25, -0.2) is 0 Å². The first-order valence-electron chi connectivity index (χ1n) is 13.9. The summed E-state index contributed by atoms with van der Waals surface area (Å²) in [6.07, 6.45) is 3.37. The first-order valence-corrected chi connectivity index (χ1v) is 15.6. The molecule has 2 aliphatic rings. The van der Waals surface area contributed by atoms with Gasteiger partial charge in [0.05, 0.1) is 27.8 Å². The number of aromatic nitrogens is 4. The molecule has 1 fully saturated rings. The molecule has 2 atom stereocenters. The third kappa shape index (κ3) is 5.32. The smallest absolute Gasteiger partial charge is 0.263 e. The van der Waals surface area contributed by atoms with Gasteiger partial charge in [0.15, 0.2) is 5.82 Å². The number of nitriles is 1. The SMILES string of the molecule is C[C@H](CC1(c2nn[nH]n2)c2cc(C(=O)N(C)C)sc2CCc2sc(C(=O)N(C)C)cc21)NCC(=O)N1CCCC1C#N. The number of H-pyrrole nitrogens is 1. The number of thiophene rings is 2. The number of tetrazole rings is 1. The molecule has 0 aromatic carbocycles. The molecule has 14 heteroatoms. The molecule has 5 rings (SSSR count). The molecule has 3 aromatic heterocycles. The summed E-state index contributed by atoms with van der Waals surface area (Å²) in [5.74, 6) is 0.168. The molecule has 2 N–H and O–H groups in total. The van der Waals surface area contributed by atoms with Crippen LogP contribution < -0.4 is 5.32 Å². The Labute approximate surface area is 252 Å². The number of nitrogens with one attached hydrogen (secondary N) is 2. The molecule has 42 heavy (non-hydrogen) atoms. The molecule has 1 aliphatic carbocycles. The van der Waals surface area contributed by atoms with E-state index in [-0.39, 0.29) is 36.3 Å². The van der Waals surface area contributed by atoms with E-state index >= 15 is 0 Å². The predicted molar refractivity (Wildman–Crippen MR) is 159 cm³/mol. The number of carbonyl (C=O) groups is 3. The highest BCUT2D eigenvalue weighted by Crippen LogP contribution is 2.50. The molecule has 3 amide bonds. The molecular formula is C28H35N9O3S2. The summed E-state index contributed by atoms with van der Waals surface area (Å²) in [5.41, 5.74) is 0.905. The van der Waals surface area contributed by atoms with E-state index < -0.39 is 5.41 Å². The lowest BCUT2D eigenvalue weighted by Crippen LogP contribution is -2.45. The van der Waals surface area contributed by atoms with Gasteiger partial charge < -0.3 is 20.0 Å². The Balaban J connectivity index is 1.59. The van der Waals surface area contributed by atoms with Crippen molar-refractivity contribution in [3.8, 4) is 6.07 Å². The predicted octanol–water partition coefficient (Wildman–Crippen LogP) is 2.04. The van der Waals surface area contributed by atoms with Crippen molar-refractivity contribution in [3.63, 3.8) is 0 Å². The number of nitrogens with zero attached hydrogens (tertiary/aromatic N) is 7. The van der Waals surface area contributed by atoms with Crippen LogP contribution >= 0.6 is 22.7 Å². The second-order valence-corrected chi connectivity index (χ2v) is 13.6. The maximum atomic E-state index is 13.1. The van der Waals surface area contributed by atoms with E-state index in [0.717, 1.165) is 27.3 Å². The minimum atomic E-state index is -0.935. The van der Waals surface area contributed by atoms with Crippen molar-refractivity contribution < 1.29 is 14.4 Å². The molecule has 12 nitrogen and oxygen atoms in total. The minimum Gasteiger partial charge on any atom is -0.344 e. The van der Waals surface area contributed by atoms with Crippen LogP contribution in [0.25, 0.3) is 0 Å². The van der Waals surface area contributed by atoms with Crippen LogP contribution in [0.1, 0.15) is 72.2 Å². The molecule has 4 heterocycles. The maximum Gasteiger partial charge on any atom is 0.263 e. The van der Waals surface area contributed by atoms with Gasteiger partial charge in [-0.05, 0) is 62.3 Å². The fourth-order valence-corrected chi connectivity index (χ4v) is 8.48. The standard InChI is InChI=1S/C28H35N9O3S2/c1-16(30-15-24(38)37-10-6-7-17(37)14-29)13-28(27-31-33-34-32-27)18-11-22(25(39)35(2)3)41-20(18)8-9-21-19(28)12-23(42-21)26(40)36(4)5/h11-12,16-17,30H,6-10,13,15H2,1-5H3,(H,31,32,33,34)/t16-,17?/m1/s1. The molecule has 3 aromatic rings. The minimum absolute atomic E-state index is 0.0847. The second-order valence-electron chi connectivity index (χ2n) is 11.3. The summed E-state index contributed by atoms with van der Waals surface area (Å²) in [6, 6.07) is 5.52. The monoisotopic (exact) mass is 609 g/mol. The fraction of sp³-hybridized carbons (Fsp3) is 0.536. The lowest BCUT2D eigenvalue weighted by atomic mass is 9.70. The molecule has 1 saturated heterocycles. The Bertz CT molecular complexity index is 1450. The summed E-state index contributed by atoms with van der Waals surface area (Å²) in [4.78, 5) is 47.4. The van der Waals surface area contributed by atoms with Crippen LogP contribution in [0, 0.1) is 11.3 Å². The van der Waals surface area contributed by atoms with Crippen LogP contribution in [0.2, 0.25) is 0 Å². The summed E-state index contributed by atoms with van der Waals surface area (Å²) < 4.78 is 0. The number of likely N-dealkylation sites (tertiary alicyclic amines) is 1. The number of fused-ring (bicyclic) bond motifs is 2. The van der Waals surface area contributed by atoms with Gasteiger partial charge in [-0.2, -0.15) is 10.5 Å². The first kappa shape index (κ1) is 29.8. The van der Waals surface area contributed by atoms with E-state index in [1.165, 1.54) is 22.7 Å². The molecule has 222 valence electrons. The van der Waals surface area contributed by atoms with E-state index in [9.17, 15) is 19.6 Å². The number of carbonyl (C=O) groups excluding carboxylic acids is 3. The molecular weight excluding hydrogens is 575 g/mol.